The lowest BCUT2D eigenvalue weighted by atomic mass is 9.31. The second-order valence-corrected chi connectivity index (χ2v) is 43.5. The summed E-state index contributed by atoms with van der Waals surface area (Å²) in [5, 5.41) is 107. The molecule has 16 aliphatic rings. The van der Waals surface area contributed by atoms with E-state index in [1.165, 1.54) is 34.6 Å². The zero-order valence-corrected chi connectivity index (χ0v) is 73.2. The fourth-order valence-corrected chi connectivity index (χ4v) is 28.2. The molecule has 16 bridgehead atoms. The molecule has 0 amide bonds. The molecular formula is C84H106F30O18. The SMILES string of the molecule is C=C(C)C(=O)OC12CC3(C(C)(C)O)CC(C(C)(O)C(F)(F)F)(C1)CC(C(O)(C(F)(F)F)C(F)(F)F)(C2)C3.C=C(C)C(=O)OC12CC3CC(C(C)(C)O)(C1)CC(C(O)(C(F)(F)F)C(F)(F)F)(C3)C2.C=CC(=O)OC12CC3(C(C)(C)O)CC(C(C)(O)C(F)(F)F)(C1)CC(C(O)(C(F)(F)F)C(F)(F)F)(C2)C3.C=CC(=O)OC12CC3CC(C(C)(C)O)(C1)CC(C(O)(C(F)(F)F)C(F)(F)F)(C3)C2. The van der Waals surface area contributed by atoms with Crippen molar-refractivity contribution < 1.29 is 221 Å². The largest absolute Gasteiger partial charge is 0.456 e. The number of hydrogen-bond donors (Lipinski definition) is 10. The Morgan fingerprint density at radius 1 is 0.250 bits per heavy atom. The predicted octanol–water partition coefficient (Wildman–Crippen LogP) is 18.4. The molecule has 48 heteroatoms. The second-order valence-electron chi connectivity index (χ2n) is 43.5. The Labute approximate surface area is 735 Å². The molecule has 10 N–H and O–H groups in total. The lowest BCUT2D eigenvalue weighted by Crippen LogP contribution is -2.81. The molecule has 0 aromatic carbocycles. The van der Waals surface area contributed by atoms with Gasteiger partial charge in [-0.05, 0) is 249 Å². The molecule has 132 heavy (non-hydrogen) atoms. The summed E-state index contributed by atoms with van der Waals surface area (Å²) in [6.07, 6.45) is -75.9. The van der Waals surface area contributed by atoms with Crippen molar-refractivity contribution in [3.8, 4) is 0 Å². The molecule has 0 saturated heterocycles. The second kappa shape index (κ2) is 30.4. The van der Waals surface area contributed by atoms with Gasteiger partial charge in [-0.3, -0.25) is 0 Å². The number of alkyl halides is 30. The van der Waals surface area contributed by atoms with Gasteiger partial charge in [-0.2, -0.15) is 132 Å². The number of carbonyl (C=O) groups is 4. The first-order valence-corrected chi connectivity index (χ1v) is 41.3. The van der Waals surface area contributed by atoms with Gasteiger partial charge in [-0.15, -0.1) is 0 Å². The minimum absolute atomic E-state index is 0.0426. The summed E-state index contributed by atoms with van der Waals surface area (Å²) >= 11 is 0. The highest BCUT2D eigenvalue weighted by atomic mass is 19.5. The highest BCUT2D eigenvalue weighted by Crippen LogP contribution is 2.85. The molecule has 0 heterocycles. The highest BCUT2D eigenvalue weighted by molar-refractivity contribution is 5.88. The van der Waals surface area contributed by atoms with Crippen molar-refractivity contribution in [2.75, 3.05) is 0 Å². The van der Waals surface area contributed by atoms with Gasteiger partial charge < -0.3 is 70.0 Å². The van der Waals surface area contributed by atoms with Crippen molar-refractivity contribution in [1.82, 2.24) is 0 Å². The standard InChI is InChI=1S/C23H29F9O5.C22H27F9O5.C20H26F6O4.C19H24F6O4/c1-12(2)13(33)37-19-9-16(14(3,4)34)6-17(10-19,15(5,35)21(24,25)26)8-18(7-16,11-19)20(36,22(27,28)29)23(30,31)32;1-5-12(32)36-18-9-15(13(2,3)33)6-16(10-18,14(4,34)20(23,24)25)8-17(7-15,11-18)19(35,21(26,27)28)22(29,30)31;1-11(2)13(27)30-17-7-12-5-15(9-17,14(3,4)28)8-16(6-12,10-17)18(29,19(21,22)23)20(24,25)26;1-4-12(26)29-16-7-11-5-14(9-16,13(2,3)27)8-15(6-11,10-16)17(28,18(20,21)22)19(23,24)25/h34-36H,1,6-11H2,2-5H3;5,33-35H,1,6-11H2,2-4H3;12,28-29H,1,5-10H2,2-4H3;4,11,27-28H,1,5-10H2,2-3H3. The van der Waals surface area contributed by atoms with Crippen LogP contribution >= 0.6 is 0 Å². The van der Waals surface area contributed by atoms with Crippen LogP contribution in [-0.4, -0.2) is 215 Å². The molecule has 18 nitrogen and oxygen atoms in total. The summed E-state index contributed by atoms with van der Waals surface area (Å²) in [4.78, 5) is 48.8. The summed E-state index contributed by atoms with van der Waals surface area (Å²) in [6.45, 7) is 25.4. The van der Waals surface area contributed by atoms with Crippen molar-refractivity contribution >= 4 is 23.9 Å². The maximum absolute atomic E-state index is 14.3. The summed E-state index contributed by atoms with van der Waals surface area (Å²) in [5.41, 5.74) is -70.1. The van der Waals surface area contributed by atoms with E-state index < -0.39 is 346 Å². The molecule has 0 spiro atoms. The number of carbonyl (C=O) groups excluding carboxylic acids is 4. The average Bonchev–Trinajstić information content (AvgIpc) is 0.654. The van der Waals surface area contributed by atoms with E-state index in [4.69, 9.17) is 18.9 Å². The number of hydrogen-bond acceptors (Lipinski definition) is 18. The molecule has 0 aromatic heterocycles. The number of aliphatic hydroxyl groups is 10. The molecule has 16 fully saturated rings. The van der Waals surface area contributed by atoms with Crippen LogP contribution in [0.5, 0.6) is 0 Å². The molecule has 0 radical (unpaired) electrons. The molecular weight excluding hydrogens is 1870 g/mol. The topological polar surface area (TPSA) is 308 Å². The minimum Gasteiger partial charge on any atom is -0.456 e. The number of ether oxygens (including phenoxy) is 4. The molecule has 18 unspecified atom stereocenters. The van der Waals surface area contributed by atoms with Gasteiger partial charge in [0.05, 0.1) is 22.4 Å². The van der Waals surface area contributed by atoms with Gasteiger partial charge in [0, 0.05) is 77.4 Å². The summed E-state index contributed by atoms with van der Waals surface area (Å²) in [5.74, 6) is -5.85. The normalized spacial score (nSPS) is 36.8. The zero-order chi connectivity index (χ0) is 103. The first-order valence-electron chi connectivity index (χ1n) is 41.3. The maximum atomic E-state index is 14.3. The summed E-state index contributed by atoms with van der Waals surface area (Å²) in [7, 11) is 0. The van der Waals surface area contributed by atoms with E-state index in [9.17, 15) is 202 Å². The molecule has 760 valence electrons. The molecule has 16 rings (SSSR count). The predicted molar refractivity (Wildman–Crippen MR) is 394 cm³/mol. The molecule has 0 aliphatic heterocycles. The van der Waals surface area contributed by atoms with Crippen LogP contribution in [0.2, 0.25) is 0 Å². The Hall–Kier alpha value is -5.66. The van der Waals surface area contributed by atoms with E-state index in [1.807, 2.05) is 0 Å². The van der Waals surface area contributed by atoms with Crippen LogP contribution in [0.25, 0.3) is 0 Å². The van der Waals surface area contributed by atoms with Crippen molar-refractivity contribution in [3.05, 3.63) is 49.6 Å². The van der Waals surface area contributed by atoms with Crippen molar-refractivity contribution in [1.29, 1.82) is 0 Å². The van der Waals surface area contributed by atoms with Crippen LogP contribution < -0.4 is 0 Å². The van der Waals surface area contributed by atoms with E-state index in [0.29, 0.717) is 6.08 Å². The van der Waals surface area contributed by atoms with Crippen molar-refractivity contribution in [2.45, 2.75) is 377 Å². The highest BCUT2D eigenvalue weighted by Gasteiger charge is 2.93. The third-order valence-corrected chi connectivity index (χ3v) is 33.1. The fourth-order valence-electron chi connectivity index (χ4n) is 28.2. The van der Waals surface area contributed by atoms with Gasteiger partial charge in [0.2, 0.25) is 0 Å². The lowest BCUT2D eigenvalue weighted by Gasteiger charge is -2.75. The third kappa shape index (κ3) is 16.0. The number of halogens is 30. The van der Waals surface area contributed by atoms with Gasteiger partial charge in [0.25, 0.3) is 22.4 Å². The van der Waals surface area contributed by atoms with E-state index in [-0.39, 0.29) is 63.5 Å². The first-order chi connectivity index (χ1) is 57.9. The van der Waals surface area contributed by atoms with Crippen molar-refractivity contribution in [3.63, 3.8) is 0 Å². The molecule has 0 aromatic rings. The van der Waals surface area contributed by atoms with Gasteiger partial charge in [-0.1, -0.05) is 26.3 Å². The Morgan fingerprint density at radius 3 is 0.659 bits per heavy atom. The van der Waals surface area contributed by atoms with Gasteiger partial charge in [0.15, 0.2) is 11.2 Å². The van der Waals surface area contributed by atoms with E-state index in [1.54, 1.807) is 0 Å². The number of rotatable bonds is 18. The fraction of sp³-hybridized carbons (Fsp3) is 0.857. The van der Waals surface area contributed by atoms with Crippen LogP contribution in [0.4, 0.5) is 132 Å². The van der Waals surface area contributed by atoms with Crippen molar-refractivity contribution in [2.24, 2.45) is 66.0 Å². The maximum Gasteiger partial charge on any atom is 0.426 e. The van der Waals surface area contributed by atoms with Gasteiger partial charge >= 0.3 is 85.6 Å². The average molecular weight is 1970 g/mol. The molecule has 16 saturated carbocycles. The molecule has 18 atom stereocenters. The van der Waals surface area contributed by atoms with E-state index in [2.05, 4.69) is 26.3 Å². The van der Waals surface area contributed by atoms with Crippen LogP contribution in [0.15, 0.2) is 49.6 Å². The minimum atomic E-state index is -6.43. The molecule has 16 aliphatic carbocycles. The van der Waals surface area contributed by atoms with Crippen LogP contribution in [0.1, 0.15) is 237 Å². The Balaban J connectivity index is 0.000000199. The Morgan fingerprint density at radius 2 is 0.424 bits per heavy atom. The Kier molecular flexibility index (Phi) is 25.4. The van der Waals surface area contributed by atoms with E-state index >= 15 is 0 Å². The van der Waals surface area contributed by atoms with E-state index in [0.717, 1.165) is 40.7 Å². The monoisotopic (exact) mass is 1970 g/mol. The summed E-state index contributed by atoms with van der Waals surface area (Å²) < 4.78 is 444. The van der Waals surface area contributed by atoms with Gasteiger partial charge in [0.1, 0.15) is 22.4 Å². The summed E-state index contributed by atoms with van der Waals surface area (Å²) in [6, 6.07) is 0. The van der Waals surface area contributed by atoms with Crippen LogP contribution in [0, 0.1) is 66.0 Å². The lowest BCUT2D eigenvalue weighted by molar-refractivity contribution is -0.448. The van der Waals surface area contributed by atoms with Crippen LogP contribution in [0.3, 0.4) is 0 Å². The first kappa shape index (κ1) is 110. The number of esters is 4. The van der Waals surface area contributed by atoms with Crippen LogP contribution in [-0.2, 0) is 38.1 Å². The Bertz CT molecular complexity index is 4490. The smallest absolute Gasteiger partial charge is 0.426 e. The zero-order valence-electron chi connectivity index (χ0n) is 73.2. The third-order valence-electron chi connectivity index (χ3n) is 33.1. The quantitative estimate of drug-likeness (QED) is 0.0264. The van der Waals surface area contributed by atoms with Gasteiger partial charge in [-0.25, -0.2) is 19.2 Å².